The van der Waals surface area contributed by atoms with Crippen LogP contribution in [0.25, 0.3) is 0 Å². The molecule has 1 heterocycles. The fourth-order valence-electron chi connectivity index (χ4n) is 1.77. The highest BCUT2D eigenvalue weighted by Gasteiger charge is 2.11. The number of hydrogen-bond acceptors (Lipinski definition) is 5. The predicted molar refractivity (Wildman–Crippen MR) is 78.5 cm³/mol. The molecule has 1 rings (SSSR count). The minimum atomic E-state index is 0.557. The van der Waals surface area contributed by atoms with E-state index in [4.69, 9.17) is 10.5 Å². The van der Waals surface area contributed by atoms with Crippen molar-refractivity contribution in [2.75, 3.05) is 31.1 Å². The summed E-state index contributed by atoms with van der Waals surface area (Å²) in [6, 6.07) is 1.80. The molecule has 1 aromatic rings. The van der Waals surface area contributed by atoms with Crippen LogP contribution in [0.2, 0.25) is 0 Å². The highest BCUT2D eigenvalue weighted by molar-refractivity contribution is 5.31. The fourth-order valence-corrected chi connectivity index (χ4v) is 1.77. The molecule has 5 nitrogen and oxygen atoms in total. The van der Waals surface area contributed by atoms with Gasteiger partial charge in [0.2, 0.25) is 11.8 Å². The Bertz CT molecular complexity index is 357. The number of anilines is 1. The molecule has 0 aliphatic heterocycles. The van der Waals surface area contributed by atoms with Crippen LogP contribution in [-0.4, -0.2) is 36.2 Å². The van der Waals surface area contributed by atoms with Gasteiger partial charge in [-0.25, -0.2) is 4.98 Å². The van der Waals surface area contributed by atoms with E-state index in [1.165, 1.54) is 0 Å². The van der Waals surface area contributed by atoms with Gasteiger partial charge in [-0.2, -0.15) is 4.98 Å². The molecule has 0 atom stereocenters. The molecule has 108 valence electrons. The predicted octanol–water partition coefficient (Wildman–Crippen LogP) is 2.08. The average molecular weight is 266 g/mol. The number of nitrogens with zero attached hydrogens (tertiary/aromatic N) is 3. The second-order valence-electron chi connectivity index (χ2n) is 5.03. The number of nitrogens with two attached hydrogens (primary N) is 1. The van der Waals surface area contributed by atoms with Crippen molar-refractivity contribution in [1.29, 1.82) is 0 Å². The van der Waals surface area contributed by atoms with Gasteiger partial charge in [-0.15, -0.1) is 0 Å². The lowest BCUT2D eigenvalue weighted by atomic mass is 10.2. The molecular weight excluding hydrogens is 240 g/mol. The Morgan fingerprint density at radius 2 is 2.21 bits per heavy atom. The van der Waals surface area contributed by atoms with Crippen LogP contribution in [0.15, 0.2) is 12.3 Å². The van der Waals surface area contributed by atoms with Crippen LogP contribution in [-0.2, 0) is 0 Å². The Morgan fingerprint density at radius 3 is 2.84 bits per heavy atom. The summed E-state index contributed by atoms with van der Waals surface area (Å²) in [4.78, 5) is 11.0. The smallest absolute Gasteiger partial charge is 0.228 e. The quantitative estimate of drug-likeness (QED) is 0.741. The van der Waals surface area contributed by atoms with E-state index in [-0.39, 0.29) is 0 Å². The summed E-state index contributed by atoms with van der Waals surface area (Å²) < 4.78 is 5.55. The van der Waals surface area contributed by atoms with Gasteiger partial charge in [0.1, 0.15) is 0 Å². The van der Waals surface area contributed by atoms with Crippen molar-refractivity contribution in [3.63, 3.8) is 0 Å². The monoisotopic (exact) mass is 266 g/mol. The number of hydrogen-bond donors (Lipinski definition) is 1. The van der Waals surface area contributed by atoms with E-state index >= 15 is 0 Å². The second-order valence-corrected chi connectivity index (χ2v) is 5.03. The summed E-state index contributed by atoms with van der Waals surface area (Å²) in [5, 5.41) is 0. The zero-order valence-electron chi connectivity index (χ0n) is 12.3. The molecule has 0 bridgehead atoms. The van der Waals surface area contributed by atoms with Crippen molar-refractivity contribution in [3.8, 4) is 5.88 Å². The summed E-state index contributed by atoms with van der Waals surface area (Å²) in [5.74, 6) is 1.94. The molecule has 0 saturated carbocycles. The van der Waals surface area contributed by atoms with Gasteiger partial charge >= 0.3 is 0 Å². The van der Waals surface area contributed by atoms with E-state index in [9.17, 15) is 0 Å². The maximum Gasteiger partial charge on any atom is 0.228 e. The van der Waals surface area contributed by atoms with E-state index in [2.05, 4.69) is 35.6 Å². The molecular formula is C14H26N4O. The van der Waals surface area contributed by atoms with Crippen LogP contribution >= 0.6 is 0 Å². The molecule has 2 N–H and O–H groups in total. The molecule has 1 aromatic heterocycles. The molecule has 0 aliphatic carbocycles. The summed E-state index contributed by atoms with van der Waals surface area (Å²) in [6.07, 6.45) is 3.67. The van der Waals surface area contributed by atoms with Gasteiger partial charge < -0.3 is 15.4 Å². The normalized spacial score (nSPS) is 10.8. The van der Waals surface area contributed by atoms with Gasteiger partial charge in [-0.05, 0) is 25.3 Å². The van der Waals surface area contributed by atoms with E-state index in [1.807, 2.05) is 0 Å². The van der Waals surface area contributed by atoms with Gasteiger partial charge in [0.15, 0.2) is 0 Å². The van der Waals surface area contributed by atoms with Crippen molar-refractivity contribution >= 4 is 5.95 Å². The van der Waals surface area contributed by atoms with Crippen LogP contribution in [0, 0.1) is 5.92 Å². The molecule has 0 aliphatic rings. The zero-order valence-corrected chi connectivity index (χ0v) is 12.3. The maximum absolute atomic E-state index is 5.59. The first kappa shape index (κ1) is 15.7. The third kappa shape index (κ3) is 5.87. The van der Waals surface area contributed by atoms with Crippen molar-refractivity contribution < 1.29 is 4.74 Å². The van der Waals surface area contributed by atoms with E-state index in [1.54, 1.807) is 12.3 Å². The topological polar surface area (TPSA) is 64.3 Å². The van der Waals surface area contributed by atoms with Crippen LogP contribution in [0.4, 0.5) is 5.95 Å². The first-order valence-electron chi connectivity index (χ1n) is 7.08. The lowest BCUT2D eigenvalue weighted by Crippen LogP contribution is -2.31. The van der Waals surface area contributed by atoms with Crippen LogP contribution in [0.5, 0.6) is 5.88 Å². The summed E-state index contributed by atoms with van der Waals surface area (Å²) in [7, 11) is 0. The third-order valence-corrected chi connectivity index (χ3v) is 2.57. The van der Waals surface area contributed by atoms with Crippen molar-refractivity contribution in [2.24, 2.45) is 11.7 Å². The van der Waals surface area contributed by atoms with Crippen LogP contribution in [0.1, 0.15) is 33.6 Å². The first-order chi connectivity index (χ1) is 9.17. The third-order valence-electron chi connectivity index (χ3n) is 2.57. The SMILES string of the molecule is CCCOc1ccnc(N(CCCN)CC(C)C)n1. The van der Waals surface area contributed by atoms with E-state index in [0.717, 1.165) is 31.9 Å². The molecule has 0 fully saturated rings. The van der Waals surface area contributed by atoms with Crippen LogP contribution in [0.3, 0.4) is 0 Å². The molecule has 0 amide bonds. The van der Waals surface area contributed by atoms with E-state index in [0.29, 0.717) is 24.9 Å². The number of ether oxygens (including phenoxy) is 1. The zero-order chi connectivity index (χ0) is 14.1. The molecule has 0 radical (unpaired) electrons. The second kappa shape index (κ2) is 8.69. The Kier molecular flexibility index (Phi) is 7.18. The van der Waals surface area contributed by atoms with Gasteiger partial charge in [0.25, 0.3) is 0 Å². The Hall–Kier alpha value is -1.36. The molecule has 0 spiro atoms. The highest BCUT2D eigenvalue weighted by atomic mass is 16.5. The minimum Gasteiger partial charge on any atom is -0.478 e. The standard InChI is InChI=1S/C14H26N4O/c1-4-10-19-13-6-8-16-14(17-13)18(9-5-7-15)11-12(2)3/h6,8,12H,4-5,7,9-11,15H2,1-3H3. The molecule has 0 aromatic carbocycles. The van der Waals surface area contributed by atoms with Gasteiger partial charge in [-0.3, -0.25) is 0 Å². The van der Waals surface area contributed by atoms with E-state index < -0.39 is 0 Å². The minimum absolute atomic E-state index is 0.557. The highest BCUT2D eigenvalue weighted by Crippen LogP contribution is 2.14. The summed E-state index contributed by atoms with van der Waals surface area (Å²) >= 11 is 0. The fraction of sp³-hybridized carbons (Fsp3) is 0.714. The van der Waals surface area contributed by atoms with Crippen LogP contribution < -0.4 is 15.4 Å². The first-order valence-corrected chi connectivity index (χ1v) is 7.08. The molecule has 0 unspecified atom stereocenters. The molecule has 19 heavy (non-hydrogen) atoms. The lowest BCUT2D eigenvalue weighted by molar-refractivity contribution is 0.304. The van der Waals surface area contributed by atoms with Crippen molar-refractivity contribution in [3.05, 3.63) is 12.3 Å². The largest absolute Gasteiger partial charge is 0.478 e. The maximum atomic E-state index is 5.59. The Morgan fingerprint density at radius 1 is 1.42 bits per heavy atom. The Labute approximate surface area is 116 Å². The van der Waals surface area contributed by atoms with Crippen molar-refractivity contribution in [1.82, 2.24) is 9.97 Å². The molecule has 0 saturated heterocycles. The van der Waals surface area contributed by atoms with Gasteiger partial charge in [0, 0.05) is 25.4 Å². The number of rotatable bonds is 9. The Balaban J connectivity index is 2.75. The molecule has 5 heteroatoms. The number of aromatic nitrogens is 2. The van der Waals surface area contributed by atoms with Gasteiger partial charge in [0.05, 0.1) is 6.61 Å². The average Bonchev–Trinajstić information content (AvgIpc) is 2.41. The van der Waals surface area contributed by atoms with Crippen molar-refractivity contribution in [2.45, 2.75) is 33.6 Å². The lowest BCUT2D eigenvalue weighted by Gasteiger charge is -2.24. The summed E-state index contributed by atoms with van der Waals surface area (Å²) in [6.45, 7) is 9.63. The van der Waals surface area contributed by atoms with Gasteiger partial charge in [-0.1, -0.05) is 20.8 Å². The summed E-state index contributed by atoms with van der Waals surface area (Å²) in [5.41, 5.74) is 5.59.